The zero-order chi connectivity index (χ0) is 25.0. The van der Waals surface area contributed by atoms with E-state index in [2.05, 4.69) is 22.5 Å². The minimum Gasteiger partial charge on any atom is -0.491 e. The van der Waals surface area contributed by atoms with Crippen LogP contribution in [-0.2, 0) is 20.7 Å². The van der Waals surface area contributed by atoms with Crippen molar-refractivity contribution in [3.63, 3.8) is 0 Å². The van der Waals surface area contributed by atoms with Gasteiger partial charge in [-0.1, -0.05) is 25.1 Å². The molecular weight excluding hydrogens is 450 g/mol. The number of carbonyl (C=O) groups is 1. The summed E-state index contributed by atoms with van der Waals surface area (Å²) in [6, 6.07) is 16.5. The van der Waals surface area contributed by atoms with Crippen LogP contribution in [0.4, 0.5) is 22.0 Å². The van der Waals surface area contributed by atoms with Crippen LogP contribution in [0, 0.1) is 0 Å². The summed E-state index contributed by atoms with van der Waals surface area (Å²) in [7, 11) is 1.66. The van der Waals surface area contributed by atoms with Crippen LogP contribution in [0.15, 0.2) is 54.6 Å². The van der Waals surface area contributed by atoms with Crippen molar-refractivity contribution < 1.29 is 23.9 Å². The number of anilines is 3. The predicted octanol–water partition coefficient (Wildman–Crippen LogP) is 3.61. The topological polar surface area (TPSA) is 123 Å². The van der Waals surface area contributed by atoms with Gasteiger partial charge in [0.15, 0.2) is 17.4 Å². The fourth-order valence-electron chi connectivity index (χ4n) is 3.57. The maximum absolute atomic E-state index is 12.2. The van der Waals surface area contributed by atoms with Crippen LogP contribution in [0.2, 0.25) is 0 Å². The Morgan fingerprint density at radius 2 is 1.60 bits per heavy atom. The molecule has 2 heterocycles. The van der Waals surface area contributed by atoms with E-state index in [1.54, 1.807) is 7.11 Å². The van der Waals surface area contributed by atoms with E-state index in [4.69, 9.17) is 29.0 Å². The molecule has 182 valence electrons. The molecule has 1 aliphatic rings. The van der Waals surface area contributed by atoms with Crippen molar-refractivity contribution in [1.29, 1.82) is 0 Å². The number of ether oxygens (including phenoxy) is 2. The Bertz CT molecular complexity index is 1140. The van der Waals surface area contributed by atoms with Crippen molar-refractivity contribution in [3.8, 4) is 17.1 Å². The molecular formula is C25H27N5O5. The van der Waals surface area contributed by atoms with Crippen molar-refractivity contribution in [2.24, 2.45) is 0 Å². The van der Waals surface area contributed by atoms with E-state index >= 15 is 0 Å². The maximum Gasteiger partial charge on any atom is 0.373 e. The summed E-state index contributed by atoms with van der Waals surface area (Å²) in [6.45, 7) is 4.89. The maximum atomic E-state index is 12.2. The summed E-state index contributed by atoms with van der Waals surface area (Å²) < 4.78 is 11.1. The third-order valence-corrected chi connectivity index (χ3v) is 5.20. The Balaban J connectivity index is 0.00000108. The summed E-state index contributed by atoms with van der Waals surface area (Å²) in [5, 5.41) is 5.64. The number of aryl methyl sites for hydroxylation is 1. The molecule has 1 aromatic heterocycles. The van der Waals surface area contributed by atoms with Crippen LogP contribution in [0.5, 0.6) is 5.75 Å². The Morgan fingerprint density at radius 3 is 2.17 bits per heavy atom. The number of morpholine rings is 1. The Morgan fingerprint density at radius 1 is 1.00 bits per heavy atom. The highest BCUT2D eigenvalue weighted by molar-refractivity contribution is 5.99. The number of carbonyl (C=O) groups excluding carboxylic acids is 3. The van der Waals surface area contributed by atoms with E-state index in [0.717, 1.165) is 42.3 Å². The van der Waals surface area contributed by atoms with Crippen molar-refractivity contribution in [2.75, 3.05) is 48.9 Å². The summed E-state index contributed by atoms with van der Waals surface area (Å²) >= 11 is 0. The molecule has 3 aromatic rings. The summed E-state index contributed by atoms with van der Waals surface area (Å²) in [5.74, 6) is 2.14. The zero-order valence-corrected chi connectivity index (χ0v) is 19.6. The molecule has 0 atom stereocenters. The van der Waals surface area contributed by atoms with Gasteiger partial charge in [0.2, 0.25) is 0 Å². The third kappa shape index (κ3) is 6.86. The smallest absolute Gasteiger partial charge is 0.373 e. The fraction of sp³-hybridized carbons (Fsp3) is 0.280. The summed E-state index contributed by atoms with van der Waals surface area (Å²) in [4.78, 5) is 40.2. The van der Waals surface area contributed by atoms with Crippen LogP contribution in [0.25, 0.3) is 11.4 Å². The van der Waals surface area contributed by atoms with Gasteiger partial charge in [-0.25, -0.2) is 14.8 Å². The first-order chi connectivity index (χ1) is 17.1. The normalized spacial score (nSPS) is 12.6. The van der Waals surface area contributed by atoms with Gasteiger partial charge < -0.3 is 25.0 Å². The molecule has 2 aromatic carbocycles. The van der Waals surface area contributed by atoms with E-state index in [9.17, 15) is 4.79 Å². The Kier molecular flexibility index (Phi) is 9.30. The lowest BCUT2D eigenvalue weighted by Crippen LogP contribution is -2.37. The molecule has 1 saturated heterocycles. The average Bonchev–Trinajstić information content (AvgIpc) is 2.90. The van der Waals surface area contributed by atoms with E-state index in [-0.39, 0.29) is 12.2 Å². The lowest BCUT2D eigenvalue weighted by molar-refractivity contribution is -0.191. The second-order valence-corrected chi connectivity index (χ2v) is 7.41. The van der Waals surface area contributed by atoms with Crippen molar-refractivity contribution >= 4 is 29.4 Å². The number of rotatable bonds is 6. The highest BCUT2D eigenvalue weighted by Crippen LogP contribution is 2.33. The number of benzene rings is 2. The van der Waals surface area contributed by atoms with Gasteiger partial charge in [0, 0.05) is 30.0 Å². The van der Waals surface area contributed by atoms with E-state index < -0.39 is 0 Å². The number of para-hydroxylation sites is 1. The largest absolute Gasteiger partial charge is 0.491 e. The summed E-state index contributed by atoms with van der Waals surface area (Å²) in [6.07, 6.45) is 0.981. The van der Waals surface area contributed by atoms with Crippen LogP contribution < -0.4 is 20.3 Å². The molecule has 0 radical (unpaired) electrons. The van der Waals surface area contributed by atoms with Gasteiger partial charge >= 0.3 is 12.2 Å². The van der Waals surface area contributed by atoms with Gasteiger partial charge in [-0.2, -0.15) is 9.59 Å². The monoisotopic (exact) mass is 477 g/mol. The van der Waals surface area contributed by atoms with Gasteiger partial charge in [0.1, 0.15) is 0 Å². The number of nitrogens with zero attached hydrogens (tertiary/aromatic N) is 3. The van der Waals surface area contributed by atoms with Crippen LogP contribution >= 0.6 is 0 Å². The van der Waals surface area contributed by atoms with Gasteiger partial charge in [-0.05, 0) is 42.8 Å². The van der Waals surface area contributed by atoms with Gasteiger partial charge in [0.05, 0.1) is 26.0 Å². The molecule has 10 heteroatoms. The van der Waals surface area contributed by atoms with Crippen LogP contribution in [-0.4, -0.2) is 55.6 Å². The molecule has 0 saturated carbocycles. The second-order valence-electron chi connectivity index (χ2n) is 7.41. The minimum atomic E-state index is -0.299. The molecule has 0 aliphatic carbocycles. The molecule has 4 rings (SSSR count). The quantitative estimate of drug-likeness (QED) is 0.552. The number of hydrogen-bond acceptors (Lipinski definition) is 8. The predicted molar refractivity (Wildman–Crippen MR) is 131 cm³/mol. The SMILES string of the molecule is CCc1nc(-c2ccc(NC(=O)Nc3ccccc3)cc2)nc(N2CCOCC2)c1OC.O=C=O. The molecule has 2 N–H and O–H groups in total. The van der Waals surface area contributed by atoms with E-state index in [1.807, 2.05) is 54.6 Å². The van der Waals surface area contributed by atoms with E-state index in [1.165, 1.54) is 0 Å². The molecule has 35 heavy (non-hydrogen) atoms. The van der Waals surface area contributed by atoms with Crippen molar-refractivity contribution in [1.82, 2.24) is 9.97 Å². The molecule has 1 aliphatic heterocycles. The molecule has 1 fully saturated rings. The van der Waals surface area contributed by atoms with Gasteiger partial charge in [-0.3, -0.25) is 0 Å². The molecule has 2 amide bonds. The first-order valence-electron chi connectivity index (χ1n) is 11.1. The fourth-order valence-corrected chi connectivity index (χ4v) is 3.57. The standard InChI is InChI=1S/C24H27N5O3.CO2/c1-3-20-21(31-2)23(29-13-15-32-16-14-29)28-22(27-20)17-9-11-19(12-10-17)26-24(30)25-18-7-5-4-6-8-18;2-1-3/h4-12H,3,13-16H2,1-2H3,(H2,25,26,30);. The number of nitrogens with one attached hydrogen (secondary N) is 2. The van der Waals surface area contributed by atoms with Gasteiger partial charge in [-0.15, -0.1) is 0 Å². The van der Waals surface area contributed by atoms with Gasteiger partial charge in [0.25, 0.3) is 0 Å². The van der Waals surface area contributed by atoms with Crippen LogP contribution in [0.1, 0.15) is 12.6 Å². The first-order valence-corrected chi connectivity index (χ1v) is 11.1. The highest BCUT2D eigenvalue weighted by atomic mass is 16.5. The first kappa shape index (κ1) is 25.4. The highest BCUT2D eigenvalue weighted by Gasteiger charge is 2.22. The lowest BCUT2D eigenvalue weighted by Gasteiger charge is -2.29. The number of urea groups is 1. The van der Waals surface area contributed by atoms with Crippen molar-refractivity contribution in [2.45, 2.75) is 13.3 Å². The Hall–Kier alpha value is -4.27. The van der Waals surface area contributed by atoms with Crippen LogP contribution in [0.3, 0.4) is 0 Å². The second kappa shape index (κ2) is 12.8. The summed E-state index contributed by atoms with van der Waals surface area (Å²) in [5.41, 5.74) is 3.14. The van der Waals surface area contributed by atoms with Crippen molar-refractivity contribution in [3.05, 3.63) is 60.3 Å². The number of hydrogen-bond donors (Lipinski definition) is 2. The average molecular weight is 478 g/mol. The Labute approximate surface area is 203 Å². The lowest BCUT2D eigenvalue weighted by atomic mass is 10.1. The third-order valence-electron chi connectivity index (χ3n) is 5.20. The minimum absolute atomic E-state index is 0.250. The molecule has 0 spiro atoms. The zero-order valence-electron chi connectivity index (χ0n) is 19.6. The number of amides is 2. The molecule has 0 bridgehead atoms. The number of methoxy groups -OCH3 is 1. The molecule has 10 nitrogen and oxygen atoms in total. The van der Waals surface area contributed by atoms with E-state index in [0.29, 0.717) is 30.5 Å². The number of aromatic nitrogens is 2. The molecule has 0 unspecified atom stereocenters.